The van der Waals surface area contributed by atoms with Crippen molar-refractivity contribution >= 4 is 15.9 Å². The third-order valence-electron chi connectivity index (χ3n) is 3.54. The minimum absolute atomic E-state index is 0.0456. The highest BCUT2D eigenvalue weighted by Crippen LogP contribution is 2.41. The molecule has 1 aromatic rings. The first-order chi connectivity index (χ1) is 9.08. The van der Waals surface area contributed by atoms with E-state index in [0.29, 0.717) is 0 Å². The van der Waals surface area contributed by atoms with Crippen LogP contribution in [0.25, 0.3) is 0 Å². The van der Waals surface area contributed by atoms with Gasteiger partial charge >= 0.3 is 0 Å². The molecule has 0 radical (unpaired) electrons. The molecule has 0 aliphatic carbocycles. The molecule has 1 saturated heterocycles. The maximum Gasteiger partial charge on any atom is 0.141 e. The van der Waals surface area contributed by atoms with Gasteiger partial charge in [-0.05, 0) is 47.8 Å². The quantitative estimate of drug-likeness (QED) is 0.922. The summed E-state index contributed by atoms with van der Waals surface area (Å²) in [5.74, 6) is 1.45. The van der Waals surface area contributed by atoms with Crippen LogP contribution in [0.2, 0.25) is 0 Å². The molecule has 5 heteroatoms. The SMILES string of the molecule is COc1ccc(C(N)C2CCC(C)O2)c(OC)c1Br. The molecule has 2 N–H and O–H groups in total. The highest BCUT2D eigenvalue weighted by atomic mass is 79.9. The van der Waals surface area contributed by atoms with E-state index in [4.69, 9.17) is 19.9 Å². The van der Waals surface area contributed by atoms with Gasteiger partial charge in [0, 0.05) is 5.56 Å². The Hall–Kier alpha value is -0.780. The Labute approximate surface area is 122 Å². The highest BCUT2D eigenvalue weighted by Gasteiger charge is 2.30. The smallest absolute Gasteiger partial charge is 0.141 e. The predicted octanol–water partition coefficient (Wildman–Crippen LogP) is 3.03. The normalized spacial score (nSPS) is 24.3. The molecule has 4 nitrogen and oxygen atoms in total. The fourth-order valence-electron chi connectivity index (χ4n) is 2.48. The van der Waals surface area contributed by atoms with Crippen molar-refractivity contribution in [2.45, 2.75) is 38.0 Å². The minimum atomic E-state index is -0.192. The number of hydrogen-bond acceptors (Lipinski definition) is 4. The summed E-state index contributed by atoms with van der Waals surface area (Å²) in [7, 11) is 3.26. The Morgan fingerprint density at radius 2 is 2.05 bits per heavy atom. The van der Waals surface area contributed by atoms with Crippen molar-refractivity contribution in [1.82, 2.24) is 0 Å². The lowest BCUT2D eigenvalue weighted by Crippen LogP contribution is -2.26. The number of benzene rings is 1. The molecule has 1 fully saturated rings. The maximum atomic E-state index is 6.33. The van der Waals surface area contributed by atoms with Crippen LogP contribution in [0.15, 0.2) is 16.6 Å². The summed E-state index contributed by atoms with van der Waals surface area (Å²) in [5.41, 5.74) is 7.27. The highest BCUT2D eigenvalue weighted by molar-refractivity contribution is 9.10. The number of hydrogen-bond donors (Lipinski definition) is 1. The Morgan fingerprint density at radius 3 is 2.58 bits per heavy atom. The molecule has 2 rings (SSSR count). The number of methoxy groups -OCH3 is 2. The van der Waals surface area contributed by atoms with Crippen molar-refractivity contribution in [3.8, 4) is 11.5 Å². The molecule has 3 atom stereocenters. The third-order valence-corrected chi connectivity index (χ3v) is 4.29. The molecule has 106 valence electrons. The number of ether oxygens (including phenoxy) is 3. The van der Waals surface area contributed by atoms with E-state index >= 15 is 0 Å². The Kier molecular flexibility index (Phi) is 4.71. The van der Waals surface area contributed by atoms with Crippen LogP contribution in [0.3, 0.4) is 0 Å². The van der Waals surface area contributed by atoms with E-state index in [9.17, 15) is 0 Å². The molecule has 0 spiro atoms. The Bertz CT molecular complexity index is 453. The summed E-state index contributed by atoms with van der Waals surface area (Å²) in [6.45, 7) is 2.08. The summed E-state index contributed by atoms with van der Waals surface area (Å²) >= 11 is 3.49. The van der Waals surface area contributed by atoms with Gasteiger partial charge in [0.15, 0.2) is 0 Å². The fraction of sp³-hybridized carbons (Fsp3) is 0.571. The first-order valence-corrected chi connectivity index (χ1v) is 7.19. The number of nitrogens with two attached hydrogens (primary N) is 1. The Balaban J connectivity index is 2.31. The van der Waals surface area contributed by atoms with Gasteiger partial charge in [-0.1, -0.05) is 0 Å². The van der Waals surface area contributed by atoms with Gasteiger partial charge in [0.1, 0.15) is 16.0 Å². The van der Waals surface area contributed by atoms with Crippen LogP contribution in [0.5, 0.6) is 11.5 Å². The molecule has 3 unspecified atom stereocenters. The number of rotatable bonds is 4. The van der Waals surface area contributed by atoms with Gasteiger partial charge in [0.2, 0.25) is 0 Å². The van der Waals surface area contributed by atoms with E-state index in [0.717, 1.165) is 34.4 Å². The lowest BCUT2D eigenvalue weighted by Gasteiger charge is -2.23. The molecule has 1 aromatic carbocycles. The van der Waals surface area contributed by atoms with Crippen molar-refractivity contribution < 1.29 is 14.2 Å². The van der Waals surface area contributed by atoms with Gasteiger partial charge < -0.3 is 19.9 Å². The molecule has 1 heterocycles. The summed E-state index contributed by atoms with van der Waals surface area (Å²) < 4.78 is 17.4. The van der Waals surface area contributed by atoms with Crippen molar-refractivity contribution in [2.24, 2.45) is 5.73 Å². The standard InChI is InChI=1S/C14H20BrNO3/c1-8-4-6-11(19-8)13(16)9-5-7-10(17-2)12(15)14(9)18-3/h5,7-8,11,13H,4,6,16H2,1-3H3. The maximum absolute atomic E-state index is 6.33. The molecular formula is C14H20BrNO3. The third kappa shape index (κ3) is 2.88. The molecule has 0 aromatic heterocycles. The van der Waals surface area contributed by atoms with Gasteiger partial charge in [0.05, 0.1) is 32.5 Å². The zero-order valence-corrected chi connectivity index (χ0v) is 13.1. The van der Waals surface area contributed by atoms with Gasteiger partial charge in [-0.25, -0.2) is 0 Å². The second-order valence-corrected chi connectivity index (χ2v) is 5.59. The van der Waals surface area contributed by atoms with Crippen LogP contribution in [0.1, 0.15) is 31.4 Å². The van der Waals surface area contributed by atoms with E-state index in [1.165, 1.54) is 0 Å². The number of halogens is 1. The van der Waals surface area contributed by atoms with Crippen LogP contribution in [0, 0.1) is 0 Å². The molecular weight excluding hydrogens is 310 g/mol. The summed E-state index contributed by atoms with van der Waals surface area (Å²) in [6.07, 6.45) is 2.36. The largest absolute Gasteiger partial charge is 0.495 e. The second-order valence-electron chi connectivity index (χ2n) is 4.79. The van der Waals surface area contributed by atoms with Gasteiger partial charge in [-0.3, -0.25) is 0 Å². The van der Waals surface area contributed by atoms with E-state index in [2.05, 4.69) is 22.9 Å². The average molecular weight is 330 g/mol. The zero-order valence-electron chi connectivity index (χ0n) is 11.5. The summed E-state index contributed by atoms with van der Waals surface area (Å²) in [6, 6.07) is 3.64. The fourth-order valence-corrected chi connectivity index (χ4v) is 3.16. The molecule has 0 amide bonds. The van der Waals surface area contributed by atoms with Crippen molar-refractivity contribution in [3.63, 3.8) is 0 Å². The summed E-state index contributed by atoms with van der Waals surface area (Å²) in [5, 5.41) is 0. The molecule has 1 aliphatic rings. The first kappa shape index (κ1) is 14.6. The van der Waals surface area contributed by atoms with E-state index in [1.807, 2.05) is 12.1 Å². The topological polar surface area (TPSA) is 53.7 Å². The lowest BCUT2D eigenvalue weighted by atomic mass is 9.99. The van der Waals surface area contributed by atoms with Crippen LogP contribution >= 0.6 is 15.9 Å². The van der Waals surface area contributed by atoms with Crippen LogP contribution in [0.4, 0.5) is 0 Å². The van der Waals surface area contributed by atoms with Crippen molar-refractivity contribution in [1.29, 1.82) is 0 Å². The van der Waals surface area contributed by atoms with Crippen LogP contribution in [-0.4, -0.2) is 26.4 Å². The monoisotopic (exact) mass is 329 g/mol. The minimum Gasteiger partial charge on any atom is -0.495 e. The van der Waals surface area contributed by atoms with Gasteiger partial charge in [-0.15, -0.1) is 0 Å². The molecule has 0 bridgehead atoms. The molecule has 0 saturated carbocycles. The lowest BCUT2D eigenvalue weighted by molar-refractivity contribution is 0.0396. The second kappa shape index (κ2) is 6.11. The zero-order chi connectivity index (χ0) is 14.0. The van der Waals surface area contributed by atoms with Crippen molar-refractivity contribution in [3.05, 3.63) is 22.2 Å². The average Bonchev–Trinajstić information content (AvgIpc) is 2.84. The van der Waals surface area contributed by atoms with Gasteiger partial charge in [0.25, 0.3) is 0 Å². The Morgan fingerprint density at radius 1 is 1.32 bits per heavy atom. The first-order valence-electron chi connectivity index (χ1n) is 6.40. The van der Waals surface area contributed by atoms with E-state index in [1.54, 1.807) is 14.2 Å². The molecule has 1 aliphatic heterocycles. The molecule has 19 heavy (non-hydrogen) atoms. The summed E-state index contributed by atoms with van der Waals surface area (Å²) in [4.78, 5) is 0. The van der Waals surface area contributed by atoms with Gasteiger partial charge in [-0.2, -0.15) is 0 Å². The predicted molar refractivity (Wildman–Crippen MR) is 77.7 cm³/mol. The van der Waals surface area contributed by atoms with Crippen LogP contribution in [-0.2, 0) is 4.74 Å². The van der Waals surface area contributed by atoms with E-state index < -0.39 is 0 Å². The van der Waals surface area contributed by atoms with E-state index in [-0.39, 0.29) is 18.2 Å². The van der Waals surface area contributed by atoms with Crippen molar-refractivity contribution in [2.75, 3.05) is 14.2 Å². The van der Waals surface area contributed by atoms with Crippen LogP contribution < -0.4 is 15.2 Å².